The lowest BCUT2D eigenvalue weighted by Crippen LogP contribution is -2.28. The topological polar surface area (TPSA) is 91.2 Å². The maximum Gasteiger partial charge on any atom is 0.422 e. The Morgan fingerprint density at radius 2 is 2.00 bits per heavy atom. The van der Waals surface area contributed by atoms with Crippen molar-refractivity contribution in [2.75, 3.05) is 27.5 Å². The van der Waals surface area contributed by atoms with Gasteiger partial charge in [-0.3, -0.25) is 4.79 Å². The van der Waals surface area contributed by atoms with Gasteiger partial charge in [0.1, 0.15) is 5.69 Å². The number of pyridine rings is 1. The summed E-state index contributed by atoms with van der Waals surface area (Å²) >= 11 is 0. The molecule has 10 heteroatoms. The summed E-state index contributed by atoms with van der Waals surface area (Å²) in [5, 5.41) is 3.49. The van der Waals surface area contributed by atoms with Crippen LogP contribution in [-0.4, -0.2) is 51.4 Å². The number of aromatic nitrogens is 1. The summed E-state index contributed by atoms with van der Waals surface area (Å²) in [7, 11) is 3.25. The number of carbonyl (C=O) groups is 1. The van der Waals surface area contributed by atoms with E-state index in [1.807, 2.05) is 0 Å². The van der Waals surface area contributed by atoms with E-state index in [1.54, 1.807) is 14.2 Å². The Hall–Kier alpha value is -2.20. The summed E-state index contributed by atoms with van der Waals surface area (Å²) in [6, 6.07) is 2.43. The third-order valence-corrected chi connectivity index (χ3v) is 1.97. The molecule has 1 heterocycles. The largest absolute Gasteiger partial charge is 0.480 e. The van der Waals surface area contributed by atoms with Crippen molar-refractivity contribution in [2.45, 2.75) is 6.18 Å². The van der Waals surface area contributed by atoms with Gasteiger partial charge in [-0.1, -0.05) is 0 Å². The summed E-state index contributed by atoms with van der Waals surface area (Å²) < 4.78 is 46.1. The van der Waals surface area contributed by atoms with E-state index in [2.05, 4.69) is 26.3 Å². The fourth-order valence-electron chi connectivity index (χ4n) is 1.27. The second-order valence-corrected chi connectivity index (χ2v) is 3.67. The quantitative estimate of drug-likeness (QED) is 0.641. The highest BCUT2D eigenvalue weighted by atomic mass is 19.4. The number of halogens is 3. The van der Waals surface area contributed by atoms with E-state index in [0.717, 1.165) is 4.68 Å². The number of rotatable bonds is 5. The summed E-state index contributed by atoms with van der Waals surface area (Å²) in [5.74, 6) is -0.194. The van der Waals surface area contributed by atoms with Crippen LogP contribution in [0.5, 0.6) is 5.75 Å². The molecule has 1 aromatic rings. The molecule has 7 nitrogen and oxygen atoms in total. The molecule has 1 rings (SSSR count). The zero-order chi connectivity index (χ0) is 17.2. The Balaban J connectivity index is 0.00000135. The van der Waals surface area contributed by atoms with Crippen LogP contribution in [-0.2, 0) is 4.74 Å². The fourth-order valence-corrected chi connectivity index (χ4v) is 1.27. The van der Waals surface area contributed by atoms with Crippen LogP contribution < -0.4 is 16.0 Å². The lowest BCUT2D eigenvalue weighted by Gasteiger charge is -2.12. The minimum Gasteiger partial charge on any atom is -0.480 e. The first kappa shape index (κ1) is 19.8. The van der Waals surface area contributed by atoms with E-state index in [0.29, 0.717) is 6.29 Å². The molecule has 0 aliphatic heterocycles. The van der Waals surface area contributed by atoms with Crippen LogP contribution in [0.3, 0.4) is 0 Å². The summed E-state index contributed by atoms with van der Waals surface area (Å²) in [6.07, 6.45) is -4.03. The van der Waals surface area contributed by atoms with E-state index in [-0.39, 0.29) is 23.6 Å². The van der Waals surface area contributed by atoms with Crippen LogP contribution in [0.4, 0.5) is 13.2 Å². The van der Waals surface area contributed by atoms with Crippen molar-refractivity contribution in [3.63, 3.8) is 0 Å². The molecule has 0 bridgehead atoms. The molecule has 0 unspecified atom stereocenters. The number of nitrogens with zero attached hydrogens (tertiary/aromatic N) is 3. The van der Waals surface area contributed by atoms with Crippen molar-refractivity contribution in [3.8, 4) is 5.75 Å². The summed E-state index contributed by atoms with van der Waals surface area (Å²) in [4.78, 5) is 14.5. The molecule has 0 saturated carbocycles. The van der Waals surface area contributed by atoms with Crippen LogP contribution in [0.1, 0.15) is 10.5 Å². The normalized spacial score (nSPS) is 11.5. The molecule has 0 saturated heterocycles. The number of alkyl halides is 3. The first-order valence-electron chi connectivity index (χ1n) is 5.83. The van der Waals surface area contributed by atoms with E-state index < -0.39 is 12.8 Å². The molecule has 0 fully saturated rings. The molecule has 2 N–H and O–H groups in total. The predicted molar refractivity (Wildman–Crippen MR) is 73.9 cm³/mol. The Morgan fingerprint density at radius 1 is 1.41 bits per heavy atom. The van der Waals surface area contributed by atoms with Gasteiger partial charge in [0.15, 0.2) is 24.1 Å². The molecule has 1 aromatic heterocycles. The molecule has 0 aliphatic rings. The standard InChI is InChI=1S/C10H11F3N4O2.C2H6O/c1-15-17-7(4-18)2-3-8(9(17)16-6-14)19-5-10(11,12)13;1-3-2/h2-4H,1,5-6,14H2;1-2H3/b16-9-;. The third kappa shape index (κ3) is 6.50. The van der Waals surface area contributed by atoms with Crippen molar-refractivity contribution < 1.29 is 27.4 Å². The molecule has 0 aliphatic carbocycles. The van der Waals surface area contributed by atoms with E-state index >= 15 is 0 Å². The monoisotopic (exact) mass is 322 g/mol. The first-order chi connectivity index (χ1) is 10.3. The van der Waals surface area contributed by atoms with Crippen LogP contribution in [0.15, 0.2) is 22.2 Å². The van der Waals surface area contributed by atoms with Crippen LogP contribution >= 0.6 is 0 Å². The molecule has 0 atom stereocenters. The van der Waals surface area contributed by atoms with Gasteiger partial charge in [-0.2, -0.15) is 18.3 Å². The molecule has 124 valence electrons. The van der Waals surface area contributed by atoms with Gasteiger partial charge in [0.25, 0.3) is 0 Å². The Kier molecular flexibility index (Phi) is 8.72. The Morgan fingerprint density at radius 3 is 2.41 bits per heavy atom. The maximum atomic E-state index is 12.1. The number of nitrogens with two attached hydrogens (primary N) is 1. The van der Waals surface area contributed by atoms with Gasteiger partial charge in [0, 0.05) is 20.9 Å². The molecular formula is C12H17F3N4O3. The minimum atomic E-state index is -4.49. The van der Waals surface area contributed by atoms with Crippen LogP contribution in [0, 0.1) is 0 Å². The van der Waals surface area contributed by atoms with Crippen molar-refractivity contribution >= 4 is 13.0 Å². The first-order valence-corrected chi connectivity index (χ1v) is 5.83. The highest BCUT2D eigenvalue weighted by Crippen LogP contribution is 2.16. The highest BCUT2D eigenvalue weighted by Gasteiger charge is 2.28. The summed E-state index contributed by atoms with van der Waals surface area (Å²) in [6.45, 7) is 1.51. The molecule has 0 amide bonds. The SMILES string of the molecule is C=Nn1c(C=O)ccc(OCC(F)(F)F)/c1=N/CN.COC. The van der Waals surface area contributed by atoms with Gasteiger partial charge >= 0.3 is 6.18 Å². The van der Waals surface area contributed by atoms with Gasteiger partial charge < -0.3 is 15.2 Å². The van der Waals surface area contributed by atoms with Gasteiger partial charge in [-0.15, -0.1) is 0 Å². The lowest BCUT2D eigenvalue weighted by atomic mass is 10.3. The number of hydrogen-bond acceptors (Lipinski definition) is 6. The van der Waals surface area contributed by atoms with Gasteiger partial charge in [-0.05, 0) is 12.1 Å². The van der Waals surface area contributed by atoms with Crippen molar-refractivity contribution in [3.05, 3.63) is 23.3 Å². The minimum absolute atomic E-state index is 0.0570. The van der Waals surface area contributed by atoms with Crippen molar-refractivity contribution in [1.82, 2.24) is 4.68 Å². The average Bonchev–Trinajstić information content (AvgIpc) is 2.45. The second-order valence-electron chi connectivity index (χ2n) is 3.67. The van der Waals surface area contributed by atoms with E-state index in [9.17, 15) is 18.0 Å². The molecular weight excluding hydrogens is 305 g/mol. The number of aldehydes is 1. The van der Waals surface area contributed by atoms with Crippen molar-refractivity contribution in [1.29, 1.82) is 0 Å². The van der Waals surface area contributed by atoms with E-state index in [4.69, 9.17) is 5.73 Å². The second kappa shape index (κ2) is 9.68. The third-order valence-electron chi connectivity index (χ3n) is 1.97. The zero-order valence-corrected chi connectivity index (χ0v) is 12.1. The molecule has 22 heavy (non-hydrogen) atoms. The number of carbonyl (C=O) groups excluding carboxylic acids is 1. The Labute approximate surface area is 124 Å². The molecule has 0 spiro atoms. The lowest BCUT2D eigenvalue weighted by molar-refractivity contribution is -0.153. The van der Waals surface area contributed by atoms with Crippen LogP contribution in [0.2, 0.25) is 0 Å². The van der Waals surface area contributed by atoms with Gasteiger partial charge in [0.05, 0.1) is 6.67 Å². The summed E-state index contributed by atoms with van der Waals surface area (Å²) in [5.41, 5.74) is 5.17. The maximum absolute atomic E-state index is 12.1. The number of methoxy groups -OCH3 is 1. The molecule has 0 radical (unpaired) electrons. The highest BCUT2D eigenvalue weighted by molar-refractivity contribution is 5.72. The smallest absolute Gasteiger partial charge is 0.422 e. The van der Waals surface area contributed by atoms with Crippen LogP contribution in [0.25, 0.3) is 0 Å². The van der Waals surface area contributed by atoms with Gasteiger partial charge in [-0.25, -0.2) is 9.67 Å². The fraction of sp³-hybridized carbons (Fsp3) is 0.417. The van der Waals surface area contributed by atoms with Crippen molar-refractivity contribution in [2.24, 2.45) is 15.8 Å². The number of ether oxygens (including phenoxy) is 2. The number of hydrogen-bond donors (Lipinski definition) is 1. The zero-order valence-electron chi connectivity index (χ0n) is 12.1. The average molecular weight is 322 g/mol. The predicted octanol–water partition coefficient (Wildman–Crippen LogP) is 0.785. The molecule has 0 aromatic carbocycles. The van der Waals surface area contributed by atoms with Gasteiger partial charge in [0.2, 0.25) is 0 Å². The Bertz CT molecular complexity index is 556. The van der Waals surface area contributed by atoms with E-state index in [1.165, 1.54) is 12.1 Å².